The number of para-hydroxylation sites is 1. The van der Waals surface area contributed by atoms with Gasteiger partial charge in [-0.1, -0.05) is 12.1 Å². The molecule has 3 aromatic heterocycles. The largest absolute Gasteiger partial charge is 0.435 e. The molecule has 212 valence electrons. The van der Waals surface area contributed by atoms with Gasteiger partial charge < -0.3 is 5.32 Å². The fraction of sp³-hybridized carbons (Fsp3) is 0.385. The van der Waals surface area contributed by atoms with Crippen molar-refractivity contribution in [2.24, 2.45) is 7.05 Å². The Bertz CT molecular complexity index is 1630. The highest BCUT2D eigenvalue weighted by Gasteiger charge is 2.38. The molecule has 0 saturated carbocycles. The Kier molecular flexibility index (Phi) is 7.50. The zero-order chi connectivity index (χ0) is 28.7. The van der Waals surface area contributed by atoms with Crippen molar-refractivity contribution in [1.29, 1.82) is 0 Å². The van der Waals surface area contributed by atoms with Gasteiger partial charge in [0.25, 0.3) is 0 Å². The normalized spacial score (nSPS) is 16.4. The molecule has 10 nitrogen and oxygen atoms in total. The Morgan fingerprint density at radius 3 is 2.48 bits per heavy atom. The highest BCUT2D eigenvalue weighted by molar-refractivity contribution is 7.89. The van der Waals surface area contributed by atoms with Gasteiger partial charge in [0.05, 0.1) is 11.2 Å². The number of hydrogen-bond donors (Lipinski definition) is 1. The minimum Gasteiger partial charge on any atom is -0.366 e. The number of aromatic nitrogens is 5. The standard InChI is InChI=1S/C26H29F3N8O2S/c1-17(14-36-10-12-37(13-11-36)40(38,39)22-8-5-9-30-18(22)2)33-25-20-7-4-6-19(23(20)31-16-32-25)21-15-35(3)34-24(21)26(27,28)29/h4-9,15-17H,10-14H2,1-3H3,(H,31,32,33)/t17-/m0/s1. The van der Waals surface area contributed by atoms with Gasteiger partial charge in [-0.05, 0) is 32.0 Å². The Hall–Kier alpha value is -3.62. The van der Waals surface area contributed by atoms with Crippen molar-refractivity contribution >= 4 is 26.7 Å². The first-order valence-corrected chi connectivity index (χ1v) is 14.1. The highest BCUT2D eigenvalue weighted by atomic mass is 32.2. The summed E-state index contributed by atoms with van der Waals surface area (Å²) < 4.78 is 69.7. The SMILES string of the molecule is Cc1ncccc1S(=O)(=O)N1CCN(C[C@H](C)Nc2ncnc3c(-c4cn(C)nc4C(F)(F)F)cccc23)CC1. The van der Waals surface area contributed by atoms with Crippen molar-refractivity contribution in [2.45, 2.75) is 31.0 Å². The lowest BCUT2D eigenvalue weighted by molar-refractivity contribution is -0.140. The molecule has 1 aromatic carbocycles. The lowest BCUT2D eigenvalue weighted by Crippen LogP contribution is -2.50. The van der Waals surface area contributed by atoms with Crippen molar-refractivity contribution in [3.8, 4) is 11.1 Å². The van der Waals surface area contributed by atoms with Crippen LogP contribution in [0.2, 0.25) is 0 Å². The molecule has 0 amide bonds. The lowest BCUT2D eigenvalue weighted by atomic mass is 10.0. The smallest absolute Gasteiger partial charge is 0.366 e. The second-order valence-corrected chi connectivity index (χ2v) is 11.7. The summed E-state index contributed by atoms with van der Waals surface area (Å²) in [5.74, 6) is 0.505. The third-order valence-electron chi connectivity index (χ3n) is 6.87. The van der Waals surface area contributed by atoms with E-state index < -0.39 is 21.9 Å². The van der Waals surface area contributed by atoms with Crippen LogP contribution in [-0.4, -0.2) is 81.1 Å². The summed E-state index contributed by atoms with van der Waals surface area (Å²) in [4.78, 5) is 15.2. The molecule has 1 aliphatic rings. The van der Waals surface area contributed by atoms with Crippen molar-refractivity contribution in [3.63, 3.8) is 0 Å². The quantitative estimate of drug-likeness (QED) is 0.357. The van der Waals surface area contributed by atoms with E-state index in [1.165, 1.54) is 23.9 Å². The summed E-state index contributed by atoms with van der Waals surface area (Å²) in [5.41, 5.74) is 0.157. The van der Waals surface area contributed by atoms with Crippen molar-refractivity contribution < 1.29 is 21.6 Å². The van der Waals surface area contributed by atoms with E-state index in [-0.39, 0.29) is 16.5 Å². The zero-order valence-corrected chi connectivity index (χ0v) is 23.0. The van der Waals surface area contributed by atoms with Crippen LogP contribution in [0.25, 0.3) is 22.0 Å². The molecule has 0 radical (unpaired) electrons. The minimum atomic E-state index is -4.61. The van der Waals surface area contributed by atoms with E-state index in [0.717, 1.165) is 4.68 Å². The van der Waals surface area contributed by atoms with E-state index in [4.69, 9.17) is 0 Å². The first kappa shape index (κ1) is 27.9. The summed E-state index contributed by atoms with van der Waals surface area (Å²) >= 11 is 0. The molecule has 1 atom stereocenters. The van der Waals surface area contributed by atoms with Crippen LogP contribution in [0.5, 0.6) is 0 Å². The molecule has 0 bridgehead atoms. The number of fused-ring (bicyclic) bond motifs is 1. The second-order valence-electron chi connectivity index (χ2n) is 9.82. The number of nitrogens with zero attached hydrogens (tertiary/aromatic N) is 7. The number of rotatable bonds is 7. The number of hydrogen-bond acceptors (Lipinski definition) is 8. The van der Waals surface area contributed by atoms with Crippen LogP contribution in [0, 0.1) is 6.92 Å². The molecule has 5 rings (SSSR count). The van der Waals surface area contributed by atoms with Crippen LogP contribution < -0.4 is 5.32 Å². The fourth-order valence-electron chi connectivity index (χ4n) is 5.01. The molecule has 1 aliphatic heterocycles. The lowest BCUT2D eigenvalue weighted by Gasteiger charge is -2.35. The van der Waals surface area contributed by atoms with Gasteiger partial charge in [0.15, 0.2) is 5.69 Å². The summed E-state index contributed by atoms with van der Waals surface area (Å²) in [6.45, 7) is 6.10. The van der Waals surface area contributed by atoms with Crippen molar-refractivity contribution in [3.05, 3.63) is 60.4 Å². The first-order chi connectivity index (χ1) is 18.9. The number of benzene rings is 1. The fourth-order valence-corrected chi connectivity index (χ4v) is 6.61. The predicted octanol–water partition coefficient (Wildman–Crippen LogP) is 3.56. The number of anilines is 1. The summed E-state index contributed by atoms with van der Waals surface area (Å²) in [7, 11) is -2.17. The molecule has 0 unspecified atom stereocenters. The van der Waals surface area contributed by atoms with E-state index in [1.807, 2.05) is 6.92 Å². The molecule has 0 spiro atoms. The second kappa shape index (κ2) is 10.7. The van der Waals surface area contributed by atoms with Gasteiger partial charge in [0.2, 0.25) is 10.0 Å². The molecule has 1 saturated heterocycles. The first-order valence-electron chi connectivity index (χ1n) is 12.7. The third kappa shape index (κ3) is 5.51. The maximum atomic E-state index is 13.7. The van der Waals surface area contributed by atoms with E-state index >= 15 is 0 Å². The molecular formula is C26H29F3N8O2S. The summed E-state index contributed by atoms with van der Waals surface area (Å²) in [5, 5.41) is 7.57. The van der Waals surface area contributed by atoms with Crippen molar-refractivity contribution in [1.82, 2.24) is 33.9 Å². The summed E-state index contributed by atoms with van der Waals surface area (Å²) in [6, 6.07) is 8.14. The van der Waals surface area contributed by atoms with E-state index in [1.54, 1.807) is 43.5 Å². The molecule has 1 N–H and O–H groups in total. The van der Waals surface area contributed by atoms with Crippen LogP contribution in [0.3, 0.4) is 0 Å². The highest BCUT2D eigenvalue weighted by Crippen LogP contribution is 2.38. The maximum Gasteiger partial charge on any atom is 0.435 e. The Balaban J connectivity index is 1.29. The number of halogens is 3. The Labute approximate surface area is 229 Å². The summed E-state index contributed by atoms with van der Waals surface area (Å²) in [6.07, 6.45) is -0.373. The van der Waals surface area contributed by atoms with Crippen LogP contribution in [-0.2, 0) is 23.2 Å². The predicted molar refractivity (Wildman–Crippen MR) is 144 cm³/mol. The Morgan fingerprint density at radius 2 is 1.77 bits per heavy atom. The van der Waals surface area contributed by atoms with Gasteiger partial charge >= 0.3 is 6.18 Å². The average Bonchev–Trinajstić information content (AvgIpc) is 3.31. The number of nitrogens with one attached hydrogen (secondary N) is 1. The van der Waals surface area contributed by atoms with Gasteiger partial charge in [-0.15, -0.1) is 0 Å². The third-order valence-corrected chi connectivity index (χ3v) is 8.91. The van der Waals surface area contributed by atoms with Gasteiger partial charge in [-0.25, -0.2) is 18.4 Å². The number of sulfonamides is 1. The molecule has 4 heterocycles. The van der Waals surface area contributed by atoms with E-state index in [9.17, 15) is 21.6 Å². The van der Waals surface area contributed by atoms with Crippen molar-refractivity contribution in [2.75, 3.05) is 38.0 Å². The number of aryl methyl sites for hydroxylation is 2. The minimum absolute atomic E-state index is 0.0485. The van der Waals surface area contributed by atoms with Crippen LogP contribution in [0.1, 0.15) is 18.3 Å². The van der Waals surface area contributed by atoms with Gasteiger partial charge in [0.1, 0.15) is 17.0 Å². The molecule has 4 aromatic rings. The van der Waals surface area contributed by atoms with Crippen LogP contribution in [0.15, 0.2) is 53.9 Å². The zero-order valence-electron chi connectivity index (χ0n) is 22.2. The van der Waals surface area contributed by atoms with Gasteiger partial charge in [-0.3, -0.25) is 14.6 Å². The topological polar surface area (TPSA) is 109 Å². The number of piperazine rings is 1. The van der Waals surface area contributed by atoms with E-state index in [0.29, 0.717) is 60.7 Å². The molecule has 14 heteroatoms. The van der Waals surface area contributed by atoms with Crippen LogP contribution in [0.4, 0.5) is 19.0 Å². The number of alkyl halides is 3. The number of pyridine rings is 1. The van der Waals surface area contributed by atoms with Gasteiger partial charge in [-0.2, -0.15) is 22.6 Å². The monoisotopic (exact) mass is 574 g/mol. The Morgan fingerprint density at radius 1 is 1.02 bits per heavy atom. The molecule has 0 aliphatic carbocycles. The van der Waals surface area contributed by atoms with E-state index in [2.05, 4.69) is 30.3 Å². The molecule has 40 heavy (non-hydrogen) atoms. The molecule has 1 fully saturated rings. The average molecular weight is 575 g/mol. The maximum absolute atomic E-state index is 13.7. The molecular weight excluding hydrogens is 545 g/mol. The van der Waals surface area contributed by atoms with Crippen LogP contribution >= 0.6 is 0 Å². The van der Waals surface area contributed by atoms with Gasteiger partial charge in [0, 0.05) is 74.7 Å².